The molecule has 110 valence electrons. The molecule has 0 aliphatic heterocycles. The van der Waals surface area contributed by atoms with Gasteiger partial charge in [0.2, 0.25) is 0 Å². The van der Waals surface area contributed by atoms with Gasteiger partial charge in [-0.3, -0.25) is 0 Å². The summed E-state index contributed by atoms with van der Waals surface area (Å²) < 4.78 is 0. The number of hydrogen-bond acceptors (Lipinski definition) is 1. The Hall–Kier alpha value is -0.590. The lowest BCUT2D eigenvalue weighted by atomic mass is 9.47. The zero-order chi connectivity index (χ0) is 14.0. The minimum atomic E-state index is 0.442. The summed E-state index contributed by atoms with van der Waals surface area (Å²) in [6, 6.07) is 0. The fraction of sp³-hybridized carbons (Fsp3) is 0.842. The van der Waals surface area contributed by atoms with Crippen molar-refractivity contribution in [3.63, 3.8) is 0 Å². The second-order valence-electron chi connectivity index (χ2n) is 8.61. The van der Waals surface area contributed by atoms with Crippen molar-refractivity contribution in [3.8, 4) is 0 Å². The molecule has 3 saturated carbocycles. The van der Waals surface area contributed by atoms with Crippen LogP contribution in [0.4, 0.5) is 0 Å². The second kappa shape index (κ2) is 4.21. The van der Waals surface area contributed by atoms with Gasteiger partial charge in [-0.25, -0.2) is 0 Å². The highest BCUT2D eigenvalue weighted by molar-refractivity contribution is 5.94. The smallest absolute Gasteiger partial charge is 0.0314 e. The molecule has 1 nitrogen and oxygen atoms in total. The molecular weight excluding hydrogens is 242 g/mol. The van der Waals surface area contributed by atoms with Gasteiger partial charge in [0, 0.05) is 5.71 Å². The summed E-state index contributed by atoms with van der Waals surface area (Å²) in [5.41, 5.74) is 3.64. The number of hydrogen-bond donors (Lipinski definition) is 1. The highest BCUT2D eigenvalue weighted by Crippen LogP contribution is 2.65. The molecule has 0 amide bonds. The Morgan fingerprint density at radius 2 is 1.85 bits per heavy atom. The first-order chi connectivity index (χ1) is 9.53. The monoisotopic (exact) mass is 271 g/mol. The maximum Gasteiger partial charge on any atom is 0.0314 e. The van der Waals surface area contributed by atoms with Crippen molar-refractivity contribution in [1.29, 1.82) is 5.41 Å². The third-order valence-electron chi connectivity index (χ3n) is 7.78. The third-order valence-corrected chi connectivity index (χ3v) is 7.78. The molecule has 3 fully saturated rings. The molecule has 1 heteroatoms. The molecule has 20 heavy (non-hydrogen) atoms. The van der Waals surface area contributed by atoms with E-state index >= 15 is 0 Å². The molecule has 0 spiro atoms. The van der Waals surface area contributed by atoms with Crippen LogP contribution in [0.5, 0.6) is 0 Å². The lowest BCUT2D eigenvalue weighted by Gasteiger charge is -2.57. The van der Waals surface area contributed by atoms with E-state index in [1.165, 1.54) is 51.4 Å². The van der Waals surface area contributed by atoms with E-state index in [0.29, 0.717) is 10.8 Å². The van der Waals surface area contributed by atoms with Gasteiger partial charge in [0.25, 0.3) is 0 Å². The van der Waals surface area contributed by atoms with Crippen LogP contribution in [0.2, 0.25) is 0 Å². The van der Waals surface area contributed by atoms with E-state index < -0.39 is 0 Å². The molecule has 0 radical (unpaired) electrons. The van der Waals surface area contributed by atoms with Crippen molar-refractivity contribution in [2.75, 3.05) is 0 Å². The summed E-state index contributed by atoms with van der Waals surface area (Å²) in [5, 5.41) is 8.00. The molecule has 5 atom stereocenters. The van der Waals surface area contributed by atoms with Crippen LogP contribution in [0, 0.1) is 34.0 Å². The Kier molecular flexibility index (Phi) is 2.76. The highest BCUT2D eigenvalue weighted by atomic mass is 14.6. The molecule has 4 aliphatic rings. The minimum absolute atomic E-state index is 0.442. The first-order valence-electron chi connectivity index (χ1n) is 8.81. The fourth-order valence-electron chi connectivity index (χ4n) is 6.58. The average molecular weight is 271 g/mol. The summed E-state index contributed by atoms with van der Waals surface area (Å²) in [6.45, 7) is 5.13. The molecule has 1 N–H and O–H groups in total. The van der Waals surface area contributed by atoms with Crippen molar-refractivity contribution >= 4 is 5.71 Å². The van der Waals surface area contributed by atoms with Gasteiger partial charge in [0.15, 0.2) is 0 Å². The van der Waals surface area contributed by atoms with Gasteiger partial charge in [-0.1, -0.05) is 25.8 Å². The summed E-state index contributed by atoms with van der Waals surface area (Å²) >= 11 is 0. The van der Waals surface area contributed by atoms with E-state index in [-0.39, 0.29) is 0 Å². The summed E-state index contributed by atoms with van der Waals surface area (Å²) in [4.78, 5) is 0. The van der Waals surface area contributed by atoms with Crippen molar-refractivity contribution < 1.29 is 0 Å². The topological polar surface area (TPSA) is 23.9 Å². The Morgan fingerprint density at radius 1 is 1.00 bits per heavy atom. The van der Waals surface area contributed by atoms with E-state index in [1.807, 2.05) is 0 Å². The van der Waals surface area contributed by atoms with E-state index in [1.54, 1.807) is 5.57 Å². The zero-order valence-electron chi connectivity index (χ0n) is 13.2. The molecule has 4 rings (SSSR count). The third kappa shape index (κ3) is 1.64. The van der Waals surface area contributed by atoms with Gasteiger partial charge in [0.1, 0.15) is 0 Å². The lowest BCUT2D eigenvalue weighted by molar-refractivity contribution is -0.0335. The maximum absolute atomic E-state index is 8.00. The van der Waals surface area contributed by atoms with Crippen molar-refractivity contribution in [2.24, 2.45) is 28.6 Å². The van der Waals surface area contributed by atoms with Gasteiger partial charge in [-0.05, 0) is 86.0 Å². The molecule has 5 unspecified atom stereocenters. The van der Waals surface area contributed by atoms with E-state index in [9.17, 15) is 0 Å². The van der Waals surface area contributed by atoms with Crippen molar-refractivity contribution in [2.45, 2.75) is 71.6 Å². The number of allylic oxidation sites excluding steroid dienone is 2. The van der Waals surface area contributed by atoms with Crippen molar-refractivity contribution in [1.82, 2.24) is 0 Å². The van der Waals surface area contributed by atoms with E-state index in [2.05, 4.69) is 19.9 Å². The molecular formula is C19H29N. The Morgan fingerprint density at radius 3 is 2.70 bits per heavy atom. The molecule has 0 bridgehead atoms. The fourth-order valence-corrected chi connectivity index (χ4v) is 6.58. The lowest BCUT2D eigenvalue weighted by Crippen LogP contribution is -2.49. The van der Waals surface area contributed by atoms with Gasteiger partial charge in [0.05, 0.1) is 0 Å². The first-order valence-corrected chi connectivity index (χ1v) is 8.81. The second-order valence-corrected chi connectivity index (χ2v) is 8.61. The van der Waals surface area contributed by atoms with Crippen LogP contribution in [0.15, 0.2) is 11.6 Å². The molecule has 0 heterocycles. The van der Waals surface area contributed by atoms with Gasteiger partial charge < -0.3 is 5.41 Å². The van der Waals surface area contributed by atoms with Gasteiger partial charge in [-0.15, -0.1) is 0 Å². The van der Waals surface area contributed by atoms with Crippen LogP contribution < -0.4 is 0 Å². The van der Waals surface area contributed by atoms with Crippen LogP contribution in [-0.4, -0.2) is 5.71 Å². The highest BCUT2D eigenvalue weighted by Gasteiger charge is 2.55. The SMILES string of the molecule is CC12CCCC1C1CCC3=CC(=N)CCC3(C)C1CC2. The Labute approximate surface area is 123 Å². The summed E-state index contributed by atoms with van der Waals surface area (Å²) in [6.07, 6.45) is 14.6. The molecule has 0 saturated heterocycles. The van der Waals surface area contributed by atoms with E-state index in [0.717, 1.165) is 29.9 Å². The van der Waals surface area contributed by atoms with Gasteiger partial charge >= 0.3 is 0 Å². The zero-order valence-corrected chi connectivity index (χ0v) is 13.2. The predicted octanol–water partition coefficient (Wildman–Crippen LogP) is 5.36. The molecule has 0 aromatic heterocycles. The molecule has 0 aromatic rings. The van der Waals surface area contributed by atoms with Crippen LogP contribution in [-0.2, 0) is 0 Å². The predicted molar refractivity (Wildman–Crippen MR) is 84.0 cm³/mol. The van der Waals surface area contributed by atoms with Crippen LogP contribution in [0.3, 0.4) is 0 Å². The quantitative estimate of drug-likeness (QED) is 0.613. The van der Waals surface area contributed by atoms with E-state index in [4.69, 9.17) is 5.41 Å². The minimum Gasteiger partial charge on any atom is -0.305 e. The number of nitrogens with one attached hydrogen (secondary N) is 1. The van der Waals surface area contributed by atoms with Crippen LogP contribution in [0.25, 0.3) is 0 Å². The standard InChI is InChI=1S/C19H29N/c1-18-9-3-4-16(18)15-6-5-13-12-14(20)7-11-19(13,2)17(15)8-10-18/h12,15-17,20H,3-11H2,1-2H3. The summed E-state index contributed by atoms with van der Waals surface area (Å²) in [7, 11) is 0. The Bertz CT molecular complexity index is 476. The number of rotatable bonds is 0. The van der Waals surface area contributed by atoms with Crippen molar-refractivity contribution in [3.05, 3.63) is 11.6 Å². The van der Waals surface area contributed by atoms with Gasteiger partial charge in [-0.2, -0.15) is 0 Å². The largest absolute Gasteiger partial charge is 0.305 e. The first kappa shape index (κ1) is 13.1. The number of fused-ring (bicyclic) bond motifs is 5. The molecule has 4 aliphatic carbocycles. The van der Waals surface area contributed by atoms with Crippen LogP contribution >= 0.6 is 0 Å². The average Bonchev–Trinajstić information content (AvgIpc) is 2.81. The normalized spacial score (nSPS) is 51.0. The van der Waals surface area contributed by atoms with Crippen LogP contribution in [0.1, 0.15) is 71.6 Å². The maximum atomic E-state index is 8.00. The summed E-state index contributed by atoms with van der Waals surface area (Å²) in [5.74, 6) is 2.93. The molecule has 0 aromatic carbocycles. The Balaban J connectivity index is 1.69.